The van der Waals surface area contributed by atoms with Crippen LogP contribution in [0, 0.1) is 0 Å². The summed E-state index contributed by atoms with van der Waals surface area (Å²) in [6.45, 7) is 0. The van der Waals surface area contributed by atoms with Gasteiger partial charge in [0.1, 0.15) is 0 Å². The minimum absolute atomic E-state index is 0. The third kappa shape index (κ3) is 6.25. The van der Waals surface area contributed by atoms with Gasteiger partial charge in [0.25, 0.3) is 0 Å². The predicted octanol–water partition coefficient (Wildman–Crippen LogP) is -0.584. The quantitative estimate of drug-likeness (QED) is 0.425. The molecule has 0 atom stereocenters. The number of benzene rings is 1. The molecule has 0 saturated heterocycles. The normalized spacial score (nSPS) is 7.77. The Labute approximate surface area is 135 Å². The standard InChI is InChI=1S/C7H6O4.2Ca.4H/c8-7(10-11-9)6-4-2-1-3-5-6;;;;;;/h1-5,9H;;;;;;. The Bertz CT molecular complexity index is 240. The molecular formula is C7H10Ca2O4. The van der Waals surface area contributed by atoms with Crippen molar-refractivity contribution < 1.29 is 20.0 Å². The number of hydrogen-bond donors (Lipinski definition) is 1. The van der Waals surface area contributed by atoms with Crippen LogP contribution in [0.3, 0.4) is 0 Å². The number of rotatable bonds is 2. The van der Waals surface area contributed by atoms with Crippen LogP contribution in [-0.2, 0) is 9.93 Å². The van der Waals surface area contributed by atoms with E-state index in [9.17, 15) is 4.79 Å². The molecular weight excluding hydrogens is 228 g/mol. The summed E-state index contributed by atoms with van der Waals surface area (Å²) in [5, 5.41) is 11.0. The molecule has 0 aliphatic heterocycles. The molecule has 1 aromatic carbocycles. The van der Waals surface area contributed by atoms with E-state index < -0.39 is 5.97 Å². The predicted molar refractivity (Wildman–Crippen MR) is 52.7 cm³/mol. The Kier molecular flexibility index (Phi) is 12.3. The monoisotopic (exact) mass is 238 g/mol. The van der Waals surface area contributed by atoms with Crippen LogP contribution in [0.1, 0.15) is 10.4 Å². The van der Waals surface area contributed by atoms with Crippen molar-refractivity contribution in [2.75, 3.05) is 0 Å². The Balaban J connectivity index is 0. The van der Waals surface area contributed by atoms with Crippen LogP contribution < -0.4 is 0 Å². The molecule has 0 aliphatic rings. The minimum atomic E-state index is -0.729. The van der Waals surface area contributed by atoms with E-state index in [1.165, 1.54) is 0 Å². The van der Waals surface area contributed by atoms with E-state index in [1.54, 1.807) is 30.3 Å². The molecule has 1 N–H and O–H groups in total. The summed E-state index contributed by atoms with van der Waals surface area (Å²) in [4.78, 5) is 14.6. The van der Waals surface area contributed by atoms with Gasteiger partial charge < -0.3 is 0 Å². The molecule has 4 nitrogen and oxygen atoms in total. The van der Waals surface area contributed by atoms with Crippen LogP contribution in [-0.4, -0.2) is 86.7 Å². The van der Waals surface area contributed by atoms with Gasteiger partial charge >= 0.3 is 81.4 Å². The Morgan fingerprint density at radius 1 is 1.15 bits per heavy atom. The Morgan fingerprint density at radius 3 is 2.15 bits per heavy atom. The first-order valence-corrected chi connectivity index (χ1v) is 2.92. The van der Waals surface area contributed by atoms with Crippen molar-refractivity contribution in [3.63, 3.8) is 0 Å². The van der Waals surface area contributed by atoms with Gasteiger partial charge in [-0.2, -0.15) is 0 Å². The molecule has 1 rings (SSSR count). The fourth-order valence-electron chi connectivity index (χ4n) is 0.656. The van der Waals surface area contributed by atoms with Crippen molar-refractivity contribution in [2.45, 2.75) is 0 Å². The molecule has 66 valence electrons. The van der Waals surface area contributed by atoms with Crippen molar-refractivity contribution in [1.29, 1.82) is 0 Å². The van der Waals surface area contributed by atoms with Crippen molar-refractivity contribution >= 4 is 81.4 Å². The van der Waals surface area contributed by atoms with Crippen molar-refractivity contribution in [3.8, 4) is 0 Å². The first-order valence-electron chi connectivity index (χ1n) is 2.92. The van der Waals surface area contributed by atoms with E-state index in [0.29, 0.717) is 5.56 Å². The number of carbonyl (C=O) groups excluding carboxylic acids is 1. The second-order valence-electron chi connectivity index (χ2n) is 1.81. The second kappa shape index (κ2) is 9.68. The summed E-state index contributed by atoms with van der Waals surface area (Å²) in [5.41, 5.74) is 0.321. The number of carbonyl (C=O) groups is 1. The van der Waals surface area contributed by atoms with Gasteiger partial charge in [-0.15, -0.1) is 0 Å². The molecule has 0 saturated carbocycles. The average Bonchev–Trinajstić information content (AvgIpc) is 2.07. The molecule has 0 unspecified atom stereocenters. The van der Waals surface area contributed by atoms with Crippen LogP contribution in [0.2, 0.25) is 0 Å². The zero-order chi connectivity index (χ0) is 8.10. The molecule has 0 aliphatic carbocycles. The van der Waals surface area contributed by atoms with Gasteiger partial charge in [-0.25, -0.2) is 10.1 Å². The van der Waals surface area contributed by atoms with Crippen LogP contribution in [0.4, 0.5) is 0 Å². The molecule has 0 spiro atoms. The second-order valence-corrected chi connectivity index (χ2v) is 1.81. The van der Waals surface area contributed by atoms with Gasteiger partial charge in [-0.3, -0.25) is 4.89 Å². The van der Waals surface area contributed by atoms with E-state index >= 15 is 0 Å². The average molecular weight is 238 g/mol. The molecule has 13 heavy (non-hydrogen) atoms. The van der Waals surface area contributed by atoms with E-state index in [-0.39, 0.29) is 75.5 Å². The first-order chi connectivity index (χ1) is 5.34. The number of hydrogen-bond acceptors (Lipinski definition) is 4. The molecule has 0 amide bonds. The van der Waals surface area contributed by atoms with E-state index in [1.807, 2.05) is 0 Å². The van der Waals surface area contributed by atoms with Gasteiger partial charge in [0.05, 0.1) is 5.56 Å². The molecule has 1 aromatic rings. The summed E-state index contributed by atoms with van der Waals surface area (Å²) in [5.74, 6) is -0.729. The molecule has 0 heterocycles. The topological polar surface area (TPSA) is 55.8 Å². The maximum atomic E-state index is 10.7. The third-order valence-corrected chi connectivity index (χ3v) is 1.12. The third-order valence-electron chi connectivity index (χ3n) is 1.12. The maximum absolute atomic E-state index is 10.7. The van der Waals surface area contributed by atoms with Crippen molar-refractivity contribution in [1.82, 2.24) is 0 Å². The molecule has 0 radical (unpaired) electrons. The van der Waals surface area contributed by atoms with Crippen LogP contribution in [0.5, 0.6) is 0 Å². The zero-order valence-corrected chi connectivity index (χ0v) is 5.56. The molecule has 0 fully saturated rings. The van der Waals surface area contributed by atoms with E-state index in [2.05, 4.69) is 9.93 Å². The van der Waals surface area contributed by atoms with Gasteiger partial charge in [0.15, 0.2) is 0 Å². The van der Waals surface area contributed by atoms with Crippen molar-refractivity contribution in [3.05, 3.63) is 35.9 Å². The summed E-state index contributed by atoms with van der Waals surface area (Å²) >= 11 is 0. The van der Waals surface area contributed by atoms with Crippen LogP contribution >= 0.6 is 0 Å². The van der Waals surface area contributed by atoms with Crippen LogP contribution in [0.15, 0.2) is 30.3 Å². The van der Waals surface area contributed by atoms with Gasteiger partial charge in [0, 0.05) is 0 Å². The summed E-state index contributed by atoms with van der Waals surface area (Å²) in [7, 11) is 0. The Hall–Kier alpha value is 1.13. The van der Waals surface area contributed by atoms with Crippen molar-refractivity contribution in [2.24, 2.45) is 0 Å². The fourth-order valence-corrected chi connectivity index (χ4v) is 0.656. The SMILES string of the molecule is O=C(OOO)c1ccccc1.[CaH2].[CaH2]. The summed E-state index contributed by atoms with van der Waals surface area (Å²) < 4.78 is 0. The van der Waals surface area contributed by atoms with Gasteiger partial charge in [-0.05, 0) is 17.2 Å². The van der Waals surface area contributed by atoms with E-state index in [4.69, 9.17) is 5.26 Å². The molecule has 0 aromatic heterocycles. The molecule has 0 bridgehead atoms. The zero-order valence-electron chi connectivity index (χ0n) is 5.56. The molecule has 6 heteroatoms. The summed E-state index contributed by atoms with van der Waals surface area (Å²) in [6, 6.07) is 8.20. The Morgan fingerprint density at radius 2 is 1.69 bits per heavy atom. The first kappa shape index (κ1) is 16.6. The summed E-state index contributed by atoms with van der Waals surface area (Å²) in [6.07, 6.45) is 0. The fraction of sp³-hybridized carbons (Fsp3) is 0. The van der Waals surface area contributed by atoms with Crippen LogP contribution in [0.25, 0.3) is 0 Å². The van der Waals surface area contributed by atoms with E-state index in [0.717, 1.165) is 0 Å². The van der Waals surface area contributed by atoms with Gasteiger partial charge in [0.2, 0.25) is 0 Å². The van der Waals surface area contributed by atoms with Gasteiger partial charge in [-0.1, -0.05) is 18.2 Å².